The third-order valence-electron chi connectivity index (χ3n) is 6.50. The lowest BCUT2D eigenvalue weighted by atomic mass is 9.96. The summed E-state index contributed by atoms with van der Waals surface area (Å²) in [6.07, 6.45) is -1.02. The van der Waals surface area contributed by atoms with Gasteiger partial charge in [0.15, 0.2) is 5.11 Å². The molecule has 5 nitrogen and oxygen atoms in total. The van der Waals surface area contributed by atoms with Crippen molar-refractivity contribution in [1.82, 2.24) is 24.8 Å². The molecule has 1 aromatic carbocycles. The fraction of sp³-hybridized carbons (Fsp3) is 0.222. The Morgan fingerprint density at radius 1 is 0.944 bits per heavy atom. The molecule has 0 aliphatic carbocycles. The van der Waals surface area contributed by atoms with Crippen LogP contribution < -0.4 is 5.32 Å². The number of pyridine rings is 2. The van der Waals surface area contributed by atoms with E-state index in [2.05, 4.69) is 15.3 Å². The molecule has 3 aromatic heterocycles. The number of thiocarbonyl (C=S) groups is 1. The Labute approximate surface area is 212 Å². The van der Waals surface area contributed by atoms with Crippen LogP contribution in [0.4, 0.5) is 13.2 Å². The van der Waals surface area contributed by atoms with E-state index in [4.69, 9.17) is 12.2 Å². The lowest BCUT2D eigenvalue weighted by Gasteiger charge is -2.28. The van der Waals surface area contributed by atoms with E-state index in [0.717, 1.165) is 23.0 Å². The zero-order valence-electron chi connectivity index (χ0n) is 19.7. The van der Waals surface area contributed by atoms with Gasteiger partial charge in [0.05, 0.1) is 41.3 Å². The van der Waals surface area contributed by atoms with Gasteiger partial charge in [0.2, 0.25) is 0 Å². The quantitative estimate of drug-likeness (QED) is 0.332. The molecule has 4 heterocycles. The highest BCUT2D eigenvalue weighted by molar-refractivity contribution is 7.80. The van der Waals surface area contributed by atoms with E-state index in [0.29, 0.717) is 23.0 Å². The molecule has 1 aliphatic rings. The Hall–Kier alpha value is -3.72. The highest BCUT2D eigenvalue weighted by Gasteiger charge is 2.42. The second kappa shape index (κ2) is 9.39. The first-order valence-corrected chi connectivity index (χ1v) is 11.9. The van der Waals surface area contributed by atoms with Gasteiger partial charge in [0.25, 0.3) is 0 Å². The summed E-state index contributed by atoms with van der Waals surface area (Å²) >= 11 is 5.74. The Morgan fingerprint density at radius 3 is 2.31 bits per heavy atom. The van der Waals surface area contributed by atoms with Crippen LogP contribution in [0.25, 0.3) is 5.69 Å². The third-order valence-corrected chi connectivity index (χ3v) is 6.85. The average molecular weight is 508 g/mol. The molecule has 1 fully saturated rings. The molecule has 0 amide bonds. The van der Waals surface area contributed by atoms with Crippen LogP contribution >= 0.6 is 12.2 Å². The van der Waals surface area contributed by atoms with Gasteiger partial charge in [-0.05, 0) is 74.1 Å². The maximum absolute atomic E-state index is 13.9. The van der Waals surface area contributed by atoms with Gasteiger partial charge < -0.3 is 14.8 Å². The van der Waals surface area contributed by atoms with Gasteiger partial charge in [-0.1, -0.05) is 24.3 Å². The number of nitrogens with one attached hydrogen (secondary N) is 1. The predicted octanol–water partition coefficient (Wildman–Crippen LogP) is 6.08. The van der Waals surface area contributed by atoms with Crippen molar-refractivity contribution in [2.75, 3.05) is 0 Å². The molecular formula is C27H24F3N5S. The van der Waals surface area contributed by atoms with Gasteiger partial charge in [0.1, 0.15) is 0 Å². The maximum Gasteiger partial charge on any atom is 0.418 e. The van der Waals surface area contributed by atoms with Crippen molar-refractivity contribution >= 4 is 17.3 Å². The number of halogens is 3. The van der Waals surface area contributed by atoms with Crippen LogP contribution in [0.3, 0.4) is 0 Å². The lowest BCUT2D eigenvalue weighted by molar-refractivity contribution is -0.137. The number of aromatic nitrogens is 3. The molecule has 184 valence electrons. The summed E-state index contributed by atoms with van der Waals surface area (Å²) in [6, 6.07) is 18.4. The normalized spacial score (nSPS) is 17.9. The number of hydrogen-bond acceptors (Lipinski definition) is 3. The first-order chi connectivity index (χ1) is 17.3. The van der Waals surface area contributed by atoms with Crippen LogP contribution in [0.2, 0.25) is 0 Å². The van der Waals surface area contributed by atoms with E-state index in [1.54, 1.807) is 23.0 Å². The fourth-order valence-electron chi connectivity index (χ4n) is 4.95. The summed E-state index contributed by atoms with van der Waals surface area (Å²) < 4.78 is 43.3. The molecule has 0 bridgehead atoms. The first-order valence-electron chi connectivity index (χ1n) is 11.5. The van der Waals surface area contributed by atoms with Crippen LogP contribution in [0, 0.1) is 13.8 Å². The monoisotopic (exact) mass is 507 g/mol. The molecule has 1 N–H and O–H groups in total. The number of alkyl halides is 3. The van der Waals surface area contributed by atoms with Gasteiger partial charge in [-0.15, -0.1) is 0 Å². The minimum Gasteiger partial charge on any atom is -0.352 e. The van der Waals surface area contributed by atoms with Crippen molar-refractivity contribution in [2.45, 2.75) is 38.7 Å². The van der Waals surface area contributed by atoms with Crippen molar-refractivity contribution < 1.29 is 13.2 Å². The SMILES string of the molecule is Cc1cc(C2C(c3ccccn3)NC(=S)N2Cc2ccccn2)c(C)n1-c1ccccc1C(F)(F)F. The molecule has 9 heteroatoms. The molecule has 2 atom stereocenters. The first kappa shape index (κ1) is 24.0. The highest BCUT2D eigenvalue weighted by atomic mass is 32.1. The molecule has 5 rings (SSSR count). The molecule has 36 heavy (non-hydrogen) atoms. The smallest absolute Gasteiger partial charge is 0.352 e. The average Bonchev–Trinajstić information content (AvgIpc) is 3.34. The van der Waals surface area contributed by atoms with E-state index in [-0.39, 0.29) is 17.8 Å². The molecule has 0 spiro atoms. The highest BCUT2D eigenvalue weighted by Crippen LogP contribution is 2.43. The van der Waals surface area contributed by atoms with Crippen molar-refractivity contribution in [3.63, 3.8) is 0 Å². The van der Waals surface area contributed by atoms with Crippen LogP contribution in [-0.4, -0.2) is 24.5 Å². The van der Waals surface area contributed by atoms with E-state index in [9.17, 15) is 13.2 Å². The van der Waals surface area contributed by atoms with Gasteiger partial charge in [0, 0.05) is 23.8 Å². The number of nitrogens with zero attached hydrogens (tertiary/aromatic N) is 4. The number of aryl methyl sites for hydroxylation is 1. The number of rotatable bonds is 5. The maximum atomic E-state index is 13.9. The number of para-hydroxylation sites is 1. The van der Waals surface area contributed by atoms with Crippen LogP contribution in [0.5, 0.6) is 0 Å². The third kappa shape index (κ3) is 4.35. The zero-order chi connectivity index (χ0) is 25.4. The molecule has 2 unspecified atom stereocenters. The van der Waals surface area contributed by atoms with Crippen molar-refractivity contribution in [3.8, 4) is 5.69 Å². The summed E-state index contributed by atoms with van der Waals surface area (Å²) in [5.74, 6) is 0. The van der Waals surface area contributed by atoms with Crippen LogP contribution in [0.15, 0.2) is 79.1 Å². The van der Waals surface area contributed by atoms with Gasteiger partial charge in [-0.2, -0.15) is 13.2 Å². The predicted molar refractivity (Wildman–Crippen MR) is 135 cm³/mol. The van der Waals surface area contributed by atoms with Crippen molar-refractivity contribution in [2.24, 2.45) is 0 Å². The largest absolute Gasteiger partial charge is 0.418 e. The second-order valence-electron chi connectivity index (χ2n) is 8.75. The van der Waals surface area contributed by atoms with E-state index < -0.39 is 11.7 Å². The topological polar surface area (TPSA) is 46.0 Å². The summed E-state index contributed by atoms with van der Waals surface area (Å²) in [7, 11) is 0. The number of benzene rings is 1. The van der Waals surface area contributed by atoms with E-state index >= 15 is 0 Å². The summed E-state index contributed by atoms with van der Waals surface area (Å²) in [6.45, 7) is 4.12. The number of hydrogen-bond donors (Lipinski definition) is 1. The molecule has 0 radical (unpaired) electrons. The molecule has 1 saturated heterocycles. The van der Waals surface area contributed by atoms with Gasteiger partial charge >= 0.3 is 6.18 Å². The minimum absolute atomic E-state index is 0.102. The molecule has 0 saturated carbocycles. The van der Waals surface area contributed by atoms with Gasteiger partial charge in [-0.3, -0.25) is 9.97 Å². The summed E-state index contributed by atoms with van der Waals surface area (Å²) in [5.41, 5.74) is 3.36. The van der Waals surface area contributed by atoms with E-state index in [1.165, 1.54) is 12.1 Å². The van der Waals surface area contributed by atoms with Crippen LogP contribution in [-0.2, 0) is 12.7 Å². The van der Waals surface area contributed by atoms with Gasteiger partial charge in [-0.25, -0.2) is 0 Å². The Balaban J connectivity index is 1.65. The Bertz CT molecular complexity index is 1390. The lowest BCUT2D eigenvalue weighted by Crippen LogP contribution is -2.29. The van der Waals surface area contributed by atoms with Crippen LogP contribution in [0.1, 0.15) is 46.0 Å². The fourth-order valence-corrected chi connectivity index (χ4v) is 5.25. The second-order valence-corrected chi connectivity index (χ2v) is 9.14. The molecule has 1 aliphatic heterocycles. The zero-order valence-corrected chi connectivity index (χ0v) is 20.5. The Kier molecular flexibility index (Phi) is 6.26. The standard InChI is InChI=1S/C27H24F3N5S/c1-17-15-20(18(2)35(17)23-12-4-3-10-21(23)27(28,29)30)25-24(22-11-6-8-14-32-22)33-26(36)34(25)16-19-9-5-7-13-31-19/h3-15,24-25H,16H2,1-2H3,(H,33,36). The van der Waals surface area contributed by atoms with E-state index in [1.807, 2.05) is 61.2 Å². The summed E-state index contributed by atoms with van der Waals surface area (Å²) in [5, 5.41) is 3.94. The molecule has 4 aromatic rings. The minimum atomic E-state index is -4.47. The molecular weight excluding hydrogens is 483 g/mol. The Morgan fingerprint density at radius 2 is 1.64 bits per heavy atom. The summed E-state index contributed by atoms with van der Waals surface area (Å²) in [4.78, 5) is 11.1. The van der Waals surface area contributed by atoms with Crippen molar-refractivity contribution in [1.29, 1.82) is 0 Å². The van der Waals surface area contributed by atoms with Crippen molar-refractivity contribution in [3.05, 3.63) is 113 Å².